The van der Waals surface area contributed by atoms with Gasteiger partial charge in [-0.05, 0) is 37.8 Å². The van der Waals surface area contributed by atoms with Gasteiger partial charge in [0, 0.05) is 12.2 Å². The van der Waals surface area contributed by atoms with Crippen LogP contribution in [0, 0.1) is 5.92 Å². The lowest BCUT2D eigenvalue weighted by Crippen LogP contribution is -2.41. The number of nitrogens with one attached hydrogen (secondary N) is 2. The van der Waals surface area contributed by atoms with E-state index >= 15 is 0 Å². The summed E-state index contributed by atoms with van der Waals surface area (Å²) in [5.41, 5.74) is 0.291. The fourth-order valence-electron chi connectivity index (χ4n) is 2.57. The highest BCUT2D eigenvalue weighted by atomic mass is 16.5. The third-order valence-electron chi connectivity index (χ3n) is 3.83. The Balaban J connectivity index is 1.86. The molecule has 1 fully saturated rings. The van der Waals surface area contributed by atoms with Crippen LogP contribution in [-0.4, -0.2) is 41.2 Å². The number of hydrogen-bond donors (Lipinski definition) is 3. The molecule has 0 aromatic carbocycles. The number of methoxy groups -OCH3 is 1. The summed E-state index contributed by atoms with van der Waals surface area (Å²) >= 11 is 0. The molecule has 124 valence electrons. The van der Waals surface area contributed by atoms with E-state index in [4.69, 9.17) is 5.11 Å². The van der Waals surface area contributed by atoms with E-state index < -0.39 is 18.0 Å². The first-order chi connectivity index (χ1) is 11.0. The molecule has 1 aromatic heterocycles. The van der Waals surface area contributed by atoms with Crippen molar-refractivity contribution in [3.8, 4) is 0 Å². The molecule has 1 aromatic rings. The summed E-state index contributed by atoms with van der Waals surface area (Å²) < 4.78 is 4.60. The quantitative estimate of drug-likeness (QED) is 0.726. The third kappa shape index (κ3) is 4.67. The fraction of sp³-hybridized carbons (Fsp3) is 0.467. The fourth-order valence-corrected chi connectivity index (χ4v) is 2.57. The van der Waals surface area contributed by atoms with Crippen molar-refractivity contribution in [2.75, 3.05) is 12.4 Å². The highest BCUT2D eigenvalue weighted by Gasteiger charge is 2.26. The predicted octanol–water partition coefficient (Wildman–Crippen LogP) is 1.63. The number of rotatable bonds is 4. The van der Waals surface area contributed by atoms with Crippen molar-refractivity contribution in [3.63, 3.8) is 0 Å². The first-order valence-corrected chi connectivity index (χ1v) is 7.34. The molecule has 1 aliphatic carbocycles. The molecule has 2 amide bonds. The Morgan fingerprint density at radius 3 is 2.57 bits per heavy atom. The normalized spacial score (nSPS) is 20.4. The van der Waals surface area contributed by atoms with E-state index in [1.165, 1.54) is 25.4 Å². The van der Waals surface area contributed by atoms with Gasteiger partial charge < -0.3 is 15.2 Å². The molecular weight excluding hydrogens is 302 g/mol. The van der Waals surface area contributed by atoms with Gasteiger partial charge in [0.25, 0.3) is 0 Å². The minimum atomic E-state index is -0.781. The van der Waals surface area contributed by atoms with Crippen molar-refractivity contribution in [2.24, 2.45) is 5.92 Å². The number of esters is 1. The third-order valence-corrected chi connectivity index (χ3v) is 3.83. The lowest BCUT2D eigenvalue weighted by Gasteiger charge is -2.26. The van der Waals surface area contributed by atoms with Crippen LogP contribution in [0.4, 0.5) is 10.6 Å². The second-order valence-corrected chi connectivity index (χ2v) is 5.41. The summed E-state index contributed by atoms with van der Waals surface area (Å²) in [6, 6.07) is 2.42. The summed E-state index contributed by atoms with van der Waals surface area (Å²) in [5.74, 6) is -1.38. The van der Waals surface area contributed by atoms with E-state index in [1.54, 1.807) is 0 Å². The maximum atomic E-state index is 12.0. The van der Waals surface area contributed by atoms with Gasteiger partial charge >= 0.3 is 18.0 Å². The second-order valence-electron chi connectivity index (χ2n) is 5.41. The van der Waals surface area contributed by atoms with Crippen LogP contribution in [0.25, 0.3) is 0 Å². The zero-order valence-corrected chi connectivity index (χ0v) is 12.7. The van der Waals surface area contributed by atoms with Gasteiger partial charge in [0.2, 0.25) is 0 Å². The van der Waals surface area contributed by atoms with Crippen LogP contribution in [0.5, 0.6) is 0 Å². The number of amides is 2. The minimum absolute atomic E-state index is 0.0608. The van der Waals surface area contributed by atoms with Crippen LogP contribution in [-0.2, 0) is 9.53 Å². The number of urea groups is 1. The van der Waals surface area contributed by atoms with Crippen molar-refractivity contribution in [1.29, 1.82) is 0 Å². The lowest BCUT2D eigenvalue weighted by atomic mass is 9.86. The smallest absolute Gasteiger partial charge is 0.338 e. The summed E-state index contributed by atoms with van der Waals surface area (Å²) in [6.45, 7) is 0. The molecule has 0 radical (unpaired) electrons. The first kappa shape index (κ1) is 16.7. The first-order valence-electron chi connectivity index (χ1n) is 7.34. The monoisotopic (exact) mass is 321 g/mol. The van der Waals surface area contributed by atoms with Crippen LogP contribution < -0.4 is 10.6 Å². The van der Waals surface area contributed by atoms with E-state index in [0.29, 0.717) is 31.2 Å². The van der Waals surface area contributed by atoms with Crippen LogP contribution >= 0.6 is 0 Å². The average molecular weight is 321 g/mol. The molecule has 1 aliphatic rings. The molecule has 2 rings (SSSR count). The van der Waals surface area contributed by atoms with Crippen molar-refractivity contribution >= 4 is 23.8 Å². The van der Waals surface area contributed by atoms with E-state index in [1.807, 2.05) is 0 Å². The number of nitrogens with zero attached hydrogens (tertiary/aromatic N) is 1. The zero-order chi connectivity index (χ0) is 16.8. The standard InChI is InChI=1S/C15H19N3O5/c1-23-14(21)10-6-7-16-12(8-10)18-15(22)17-11-4-2-9(3-5-11)13(19)20/h6-9,11H,2-5H2,1H3,(H,19,20)(H2,16,17,18,22). The largest absolute Gasteiger partial charge is 0.481 e. The van der Waals surface area contributed by atoms with Crippen LogP contribution in [0.2, 0.25) is 0 Å². The van der Waals surface area contributed by atoms with E-state index in [0.717, 1.165) is 0 Å². The number of aliphatic carboxylic acids is 1. The molecule has 0 saturated heterocycles. The zero-order valence-electron chi connectivity index (χ0n) is 12.7. The molecule has 0 unspecified atom stereocenters. The van der Waals surface area contributed by atoms with Gasteiger partial charge in [-0.3, -0.25) is 10.1 Å². The molecule has 1 saturated carbocycles. The van der Waals surface area contributed by atoms with Crippen molar-refractivity contribution in [2.45, 2.75) is 31.7 Å². The number of carboxylic acids is 1. The molecule has 23 heavy (non-hydrogen) atoms. The predicted molar refractivity (Wildman–Crippen MR) is 81.1 cm³/mol. The highest BCUT2D eigenvalue weighted by molar-refractivity contribution is 5.93. The van der Waals surface area contributed by atoms with Gasteiger partial charge in [-0.25, -0.2) is 14.6 Å². The number of carbonyl (C=O) groups excluding carboxylic acids is 2. The highest BCUT2D eigenvalue weighted by Crippen LogP contribution is 2.24. The second kappa shape index (κ2) is 7.57. The van der Waals surface area contributed by atoms with Gasteiger partial charge in [-0.2, -0.15) is 0 Å². The molecule has 1 heterocycles. The maximum Gasteiger partial charge on any atom is 0.338 e. The summed E-state index contributed by atoms with van der Waals surface area (Å²) in [7, 11) is 1.27. The molecule has 8 heteroatoms. The Bertz CT molecular complexity index is 597. The van der Waals surface area contributed by atoms with Gasteiger partial charge in [0.1, 0.15) is 5.82 Å². The molecule has 3 N–H and O–H groups in total. The van der Waals surface area contributed by atoms with Gasteiger partial charge in [-0.1, -0.05) is 0 Å². The SMILES string of the molecule is COC(=O)c1ccnc(NC(=O)NC2CCC(C(=O)O)CC2)c1. The minimum Gasteiger partial charge on any atom is -0.481 e. The molecule has 0 aliphatic heterocycles. The molecule has 0 atom stereocenters. The maximum absolute atomic E-state index is 12.0. The number of hydrogen-bond acceptors (Lipinski definition) is 5. The Labute approximate surface area is 133 Å². The molecule has 0 spiro atoms. The van der Waals surface area contributed by atoms with E-state index in [-0.39, 0.29) is 17.8 Å². The number of carboxylic acid groups (broad SMARTS) is 1. The van der Waals surface area contributed by atoms with Crippen LogP contribution in [0.15, 0.2) is 18.3 Å². The van der Waals surface area contributed by atoms with Crippen LogP contribution in [0.3, 0.4) is 0 Å². The Morgan fingerprint density at radius 2 is 1.96 bits per heavy atom. The summed E-state index contributed by atoms with van der Waals surface area (Å²) in [4.78, 5) is 38.2. The van der Waals surface area contributed by atoms with E-state index in [9.17, 15) is 14.4 Å². The van der Waals surface area contributed by atoms with Crippen LogP contribution in [0.1, 0.15) is 36.0 Å². The molecule has 8 nitrogen and oxygen atoms in total. The molecule has 0 bridgehead atoms. The summed E-state index contributed by atoms with van der Waals surface area (Å²) in [5, 5.41) is 14.3. The van der Waals surface area contributed by atoms with Crippen molar-refractivity contribution in [3.05, 3.63) is 23.9 Å². The number of carbonyl (C=O) groups is 3. The van der Waals surface area contributed by atoms with Gasteiger partial charge in [0.05, 0.1) is 18.6 Å². The average Bonchev–Trinajstić information content (AvgIpc) is 2.54. The van der Waals surface area contributed by atoms with Crippen molar-refractivity contribution < 1.29 is 24.2 Å². The Morgan fingerprint density at radius 1 is 1.26 bits per heavy atom. The lowest BCUT2D eigenvalue weighted by molar-refractivity contribution is -0.142. The summed E-state index contributed by atoms with van der Waals surface area (Å²) in [6.07, 6.45) is 3.76. The Hall–Kier alpha value is -2.64. The Kier molecular flexibility index (Phi) is 5.51. The number of ether oxygens (including phenoxy) is 1. The van der Waals surface area contributed by atoms with E-state index in [2.05, 4.69) is 20.4 Å². The van der Waals surface area contributed by atoms with Crippen molar-refractivity contribution in [1.82, 2.24) is 10.3 Å². The number of anilines is 1. The topological polar surface area (TPSA) is 118 Å². The molecular formula is C15H19N3O5. The number of aromatic nitrogens is 1. The number of pyridine rings is 1. The van der Waals surface area contributed by atoms with Gasteiger partial charge in [-0.15, -0.1) is 0 Å². The van der Waals surface area contributed by atoms with Gasteiger partial charge in [0.15, 0.2) is 0 Å².